The van der Waals surface area contributed by atoms with Gasteiger partial charge in [-0.15, -0.1) is 0 Å². The molecule has 0 bridgehead atoms. The summed E-state index contributed by atoms with van der Waals surface area (Å²) in [6.07, 6.45) is 15.2. The first-order valence-corrected chi connectivity index (χ1v) is 7.71. The maximum absolute atomic E-state index is 10.3. The minimum absolute atomic E-state index is 0.283. The van der Waals surface area contributed by atoms with Crippen molar-refractivity contribution in [2.75, 3.05) is 0 Å². The molecule has 0 radical (unpaired) electrons. The molecule has 0 fully saturated rings. The monoisotopic (exact) mass is 284 g/mol. The molecular weight excluding hydrogens is 256 g/mol. The molecule has 0 saturated heterocycles. The molecular formula is C16H28O4. The lowest BCUT2D eigenvalue weighted by Crippen LogP contribution is -1.93. The molecule has 0 aliphatic carbocycles. The van der Waals surface area contributed by atoms with Gasteiger partial charge in [0.2, 0.25) is 0 Å². The van der Waals surface area contributed by atoms with E-state index in [1.807, 2.05) is 0 Å². The largest absolute Gasteiger partial charge is 0.481 e. The fourth-order valence-electron chi connectivity index (χ4n) is 2.02. The minimum Gasteiger partial charge on any atom is -0.481 e. The lowest BCUT2D eigenvalue weighted by Gasteiger charge is -1.98. The number of aliphatic carboxylic acids is 2. The van der Waals surface area contributed by atoms with Crippen molar-refractivity contribution in [3.05, 3.63) is 12.2 Å². The van der Waals surface area contributed by atoms with Gasteiger partial charge in [-0.2, -0.15) is 0 Å². The molecule has 2 N–H and O–H groups in total. The minimum atomic E-state index is -0.705. The van der Waals surface area contributed by atoms with Crippen molar-refractivity contribution in [3.63, 3.8) is 0 Å². The van der Waals surface area contributed by atoms with Gasteiger partial charge in [0, 0.05) is 12.8 Å². The maximum Gasteiger partial charge on any atom is 0.303 e. The van der Waals surface area contributed by atoms with Crippen LogP contribution in [0.5, 0.6) is 0 Å². The number of rotatable bonds is 14. The molecule has 0 aromatic carbocycles. The van der Waals surface area contributed by atoms with Crippen LogP contribution in [0.3, 0.4) is 0 Å². The first-order valence-electron chi connectivity index (χ1n) is 7.71. The van der Waals surface area contributed by atoms with E-state index >= 15 is 0 Å². The third kappa shape index (κ3) is 16.7. The van der Waals surface area contributed by atoms with Gasteiger partial charge in [-0.3, -0.25) is 9.59 Å². The van der Waals surface area contributed by atoms with Crippen molar-refractivity contribution in [1.82, 2.24) is 0 Å². The second kappa shape index (κ2) is 14.1. The Hall–Kier alpha value is -1.32. The summed E-state index contributed by atoms with van der Waals surface area (Å²) in [7, 11) is 0. The summed E-state index contributed by atoms with van der Waals surface area (Å²) in [4.78, 5) is 20.6. The third-order valence-corrected chi connectivity index (χ3v) is 3.19. The van der Waals surface area contributed by atoms with Crippen LogP contribution in [-0.4, -0.2) is 22.2 Å². The summed E-state index contributed by atoms with van der Waals surface area (Å²) in [5.74, 6) is -1.40. The number of carboxylic acid groups (broad SMARTS) is 2. The van der Waals surface area contributed by atoms with Crippen LogP contribution in [0.4, 0.5) is 0 Å². The molecule has 0 aromatic rings. The highest BCUT2D eigenvalue weighted by Crippen LogP contribution is 2.08. The van der Waals surface area contributed by atoms with E-state index in [1.165, 1.54) is 12.8 Å². The van der Waals surface area contributed by atoms with E-state index in [9.17, 15) is 9.59 Å². The van der Waals surface area contributed by atoms with E-state index in [0.29, 0.717) is 6.42 Å². The second-order valence-electron chi connectivity index (χ2n) is 5.16. The quantitative estimate of drug-likeness (QED) is 0.366. The predicted molar refractivity (Wildman–Crippen MR) is 79.8 cm³/mol. The Morgan fingerprint density at radius 3 is 1.40 bits per heavy atom. The highest BCUT2D eigenvalue weighted by atomic mass is 16.4. The zero-order valence-electron chi connectivity index (χ0n) is 12.4. The molecule has 0 aliphatic heterocycles. The summed E-state index contributed by atoms with van der Waals surface area (Å²) in [5.41, 5.74) is 0. The Labute approximate surface area is 121 Å². The summed E-state index contributed by atoms with van der Waals surface area (Å²) < 4.78 is 0. The Morgan fingerprint density at radius 1 is 0.600 bits per heavy atom. The van der Waals surface area contributed by atoms with E-state index in [4.69, 9.17) is 10.2 Å². The smallest absolute Gasteiger partial charge is 0.303 e. The average molecular weight is 284 g/mol. The van der Waals surface area contributed by atoms with Crippen LogP contribution in [0.15, 0.2) is 12.2 Å². The van der Waals surface area contributed by atoms with Gasteiger partial charge in [0.25, 0.3) is 0 Å². The SMILES string of the molecule is O=C(O)CCCCC/C=C/CCCCCCCC(=O)O. The van der Waals surface area contributed by atoms with Crippen LogP contribution in [0.2, 0.25) is 0 Å². The number of hydrogen-bond acceptors (Lipinski definition) is 2. The normalized spacial score (nSPS) is 11.0. The van der Waals surface area contributed by atoms with Gasteiger partial charge in [0.1, 0.15) is 0 Å². The van der Waals surface area contributed by atoms with E-state index in [1.54, 1.807) is 0 Å². The van der Waals surface area contributed by atoms with Crippen LogP contribution >= 0.6 is 0 Å². The van der Waals surface area contributed by atoms with E-state index in [2.05, 4.69) is 12.2 Å². The second-order valence-corrected chi connectivity index (χ2v) is 5.16. The van der Waals surface area contributed by atoms with Crippen molar-refractivity contribution in [1.29, 1.82) is 0 Å². The molecule has 0 spiro atoms. The van der Waals surface area contributed by atoms with Gasteiger partial charge in [0.05, 0.1) is 0 Å². The van der Waals surface area contributed by atoms with Crippen molar-refractivity contribution < 1.29 is 19.8 Å². The summed E-state index contributed by atoms with van der Waals surface area (Å²) in [6.45, 7) is 0. The van der Waals surface area contributed by atoms with Crippen LogP contribution in [0.25, 0.3) is 0 Å². The topological polar surface area (TPSA) is 74.6 Å². The molecule has 0 aromatic heterocycles. The highest BCUT2D eigenvalue weighted by Gasteiger charge is 1.96. The average Bonchev–Trinajstić information content (AvgIpc) is 2.38. The van der Waals surface area contributed by atoms with Crippen molar-refractivity contribution >= 4 is 11.9 Å². The molecule has 4 nitrogen and oxygen atoms in total. The zero-order valence-corrected chi connectivity index (χ0v) is 12.4. The molecule has 0 amide bonds. The van der Waals surface area contributed by atoms with Gasteiger partial charge in [0.15, 0.2) is 0 Å². The van der Waals surface area contributed by atoms with Crippen LogP contribution in [0.1, 0.15) is 77.0 Å². The van der Waals surface area contributed by atoms with Gasteiger partial charge >= 0.3 is 11.9 Å². The number of unbranched alkanes of at least 4 members (excludes halogenated alkanes) is 8. The summed E-state index contributed by atoms with van der Waals surface area (Å²) in [6, 6.07) is 0. The van der Waals surface area contributed by atoms with E-state index in [-0.39, 0.29) is 6.42 Å². The Kier molecular flexibility index (Phi) is 13.2. The molecule has 0 rings (SSSR count). The van der Waals surface area contributed by atoms with Crippen molar-refractivity contribution in [2.24, 2.45) is 0 Å². The fraction of sp³-hybridized carbons (Fsp3) is 0.750. The fourth-order valence-corrected chi connectivity index (χ4v) is 2.02. The molecule has 0 aliphatic rings. The first kappa shape index (κ1) is 18.7. The Morgan fingerprint density at radius 2 is 0.950 bits per heavy atom. The maximum atomic E-state index is 10.3. The molecule has 0 heterocycles. The van der Waals surface area contributed by atoms with Gasteiger partial charge < -0.3 is 10.2 Å². The number of carboxylic acids is 2. The Bertz CT molecular complexity index is 284. The first-order chi connectivity index (χ1) is 9.63. The number of allylic oxidation sites excluding steroid dienone is 2. The molecule has 0 saturated carbocycles. The predicted octanol–water partition coefficient (Wildman–Crippen LogP) is 4.39. The van der Waals surface area contributed by atoms with Crippen molar-refractivity contribution in [2.45, 2.75) is 77.0 Å². The standard InChI is InChI=1S/C16H28O4/c17-15(18)13-11-9-7-5-3-1-2-4-6-8-10-12-14-16(19)20/h1,3H,2,4-14H2,(H,17,18)(H,19,20)/b3-1+. The van der Waals surface area contributed by atoms with Gasteiger partial charge in [-0.25, -0.2) is 0 Å². The Balaban J connectivity index is 3.12. The molecule has 20 heavy (non-hydrogen) atoms. The third-order valence-electron chi connectivity index (χ3n) is 3.19. The van der Waals surface area contributed by atoms with Gasteiger partial charge in [-0.05, 0) is 38.5 Å². The van der Waals surface area contributed by atoms with E-state index < -0.39 is 11.9 Å². The molecule has 0 unspecified atom stereocenters. The summed E-state index contributed by atoms with van der Waals surface area (Å²) in [5, 5.41) is 17.0. The van der Waals surface area contributed by atoms with Crippen LogP contribution in [-0.2, 0) is 9.59 Å². The van der Waals surface area contributed by atoms with Crippen molar-refractivity contribution in [3.8, 4) is 0 Å². The number of hydrogen-bond donors (Lipinski definition) is 2. The molecule has 4 heteroatoms. The van der Waals surface area contributed by atoms with Crippen LogP contribution < -0.4 is 0 Å². The lowest BCUT2D eigenvalue weighted by atomic mass is 10.1. The number of carbonyl (C=O) groups is 2. The van der Waals surface area contributed by atoms with E-state index in [0.717, 1.165) is 51.4 Å². The van der Waals surface area contributed by atoms with Gasteiger partial charge in [-0.1, -0.05) is 37.8 Å². The summed E-state index contributed by atoms with van der Waals surface area (Å²) >= 11 is 0. The zero-order chi connectivity index (χ0) is 15.1. The highest BCUT2D eigenvalue weighted by molar-refractivity contribution is 5.66. The van der Waals surface area contributed by atoms with Crippen LogP contribution in [0, 0.1) is 0 Å². The lowest BCUT2D eigenvalue weighted by molar-refractivity contribution is -0.138. The molecule has 116 valence electrons. The molecule has 0 atom stereocenters.